The molecular formula is C14H12N4O2. The zero-order valence-electron chi connectivity index (χ0n) is 10.8. The van der Waals surface area contributed by atoms with Gasteiger partial charge in [-0.2, -0.15) is 5.10 Å². The number of nitrogens with one attached hydrogen (secondary N) is 3. The number of carbonyl (C=O) groups is 2. The van der Waals surface area contributed by atoms with Crippen molar-refractivity contribution in [3.8, 4) is 0 Å². The van der Waals surface area contributed by atoms with E-state index in [4.69, 9.17) is 0 Å². The smallest absolute Gasteiger partial charge is 0.240 e. The first-order chi connectivity index (χ1) is 9.61. The number of benzene rings is 1. The van der Waals surface area contributed by atoms with E-state index in [1.54, 1.807) is 6.20 Å². The van der Waals surface area contributed by atoms with Gasteiger partial charge in [-0.05, 0) is 18.6 Å². The van der Waals surface area contributed by atoms with Crippen molar-refractivity contribution in [3.63, 3.8) is 0 Å². The Labute approximate surface area is 114 Å². The average Bonchev–Trinajstić information content (AvgIpc) is 2.96. The highest BCUT2D eigenvalue weighted by Crippen LogP contribution is 2.49. The van der Waals surface area contributed by atoms with Crippen molar-refractivity contribution in [2.75, 3.05) is 10.6 Å². The topological polar surface area (TPSA) is 86.9 Å². The predicted molar refractivity (Wildman–Crippen MR) is 72.4 cm³/mol. The Hall–Kier alpha value is -2.63. The first kappa shape index (κ1) is 11.2. The molecule has 0 bridgehead atoms. The van der Waals surface area contributed by atoms with Crippen molar-refractivity contribution in [1.82, 2.24) is 10.2 Å². The molecule has 3 heterocycles. The normalized spacial score (nSPS) is 23.2. The number of hydrogen-bond acceptors (Lipinski definition) is 3. The van der Waals surface area contributed by atoms with Gasteiger partial charge < -0.3 is 10.6 Å². The fourth-order valence-corrected chi connectivity index (χ4v) is 3.14. The largest absolute Gasteiger partial charge is 0.325 e. The summed E-state index contributed by atoms with van der Waals surface area (Å²) >= 11 is 0. The second-order valence-corrected chi connectivity index (χ2v) is 5.29. The third kappa shape index (κ3) is 1.20. The van der Waals surface area contributed by atoms with Gasteiger partial charge in [0, 0.05) is 17.7 Å². The number of aryl methyl sites for hydroxylation is 1. The van der Waals surface area contributed by atoms with Crippen molar-refractivity contribution in [3.05, 3.63) is 41.1 Å². The molecule has 2 aliphatic rings. The lowest BCUT2D eigenvalue weighted by atomic mass is 9.71. The number of carbonyl (C=O) groups excluding carboxylic acids is 2. The molecule has 1 aromatic heterocycles. The molecule has 2 amide bonds. The fourth-order valence-electron chi connectivity index (χ4n) is 3.14. The van der Waals surface area contributed by atoms with Crippen LogP contribution in [0.1, 0.15) is 23.1 Å². The van der Waals surface area contributed by atoms with E-state index >= 15 is 0 Å². The molecule has 6 heteroatoms. The monoisotopic (exact) mass is 268 g/mol. The molecule has 2 aliphatic heterocycles. The van der Waals surface area contributed by atoms with Crippen LogP contribution in [-0.4, -0.2) is 22.0 Å². The number of anilines is 2. The maximum Gasteiger partial charge on any atom is 0.240 e. The maximum atomic E-state index is 12.6. The van der Waals surface area contributed by atoms with E-state index in [0.717, 1.165) is 22.4 Å². The first-order valence-electron chi connectivity index (χ1n) is 6.37. The van der Waals surface area contributed by atoms with Crippen LogP contribution < -0.4 is 10.6 Å². The van der Waals surface area contributed by atoms with Gasteiger partial charge >= 0.3 is 0 Å². The van der Waals surface area contributed by atoms with Crippen LogP contribution in [0.3, 0.4) is 0 Å². The van der Waals surface area contributed by atoms with Crippen molar-refractivity contribution < 1.29 is 9.59 Å². The summed E-state index contributed by atoms with van der Waals surface area (Å²) in [5, 5.41) is 12.3. The number of nitrogens with zero attached hydrogens (tertiary/aromatic N) is 1. The minimum Gasteiger partial charge on any atom is -0.325 e. The van der Waals surface area contributed by atoms with E-state index in [-0.39, 0.29) is 18.2 Å². The Morgan fingerprint density at radius 1 is 1.20 bits per heavy atom. The Bertz CT molecular complexity index is 764. The molecule has 100 valence electrons. The van der Waals surface area contributed by atoms with Crippen LogP contribution in [0.15, 0.2) is 24.4 Å². The number of hydrogen-bond donors (Lipinski definition) is 3. The van der Waals surface area contributed by atoms with Crippen molar-refractivity contribution in [1.29, 1.82) is 0 Å². The predicted octanol–water partition coefficient (Wildman–Crippen LogP) is 1.30. The quantitative estimate of drug-likeness (QED) is 0.673. The van der Waals surface area contributed by atoms with Crippen LogP contribution in [0.4, 0.5) is 11.5 Å². The SMILES string of the molecule is Cc1ccc2c(c1)C1(CC(=O)Nc3[nH]ncc31)C(=O)N2. The van der Waals surface area contributed by atoms with Gasteiger partial charge in [-0.25, -0.2) is 0 Å². The second kappa shape index (κ2) is 3.47. The number of fused-ring (bicyclic) bond motifs is 4. The zero-order chi connectivity index (χ0) is 13.9. The van der Waals surface area contributed by atoms with Crippen LogP contribution in [0, 0.1) is 6.92 Å². The van der Waals surface area contributed by atoms with E-state index in [1.807, 2.05) is 25.1 Å². The van der Waals surface area contributed by atoms with Gasteiger partial charge in [0.25, 0.3) is 0 Å². The summed E-state index contributed by atoms with van der Waals surface area (Å²) in [6.07, 6.45) is 1.72. The summed E-state index contributed by atoms with van der Waals surface area (Å²) in [7, 11) is 0. The lowest BCUT2D eigenvalue weighted by molar-refractivity contribution is -0.125. The fraction of sp³-hybridized carbons (Fsp3) is 0.214. The van der Waals surface area contributed by atoms with Crippen LogP contribution in [0.5, 0.6) is 0 Å². The molecule has 1 unspecified atom stereocenters. The van der Waals surface area contributed by atoms with Gasteiger partial charge in [0.1, 0.15) is 11.2 Å². The minimum absolute atomic E-state index is 0.0990. The van der Waals surface area contributed by atoms with Crippen LogP contribution >= 0.6 is 0 Å². The van der Waals surface area contributed by atoms with Crippen LogP contribution in [0.2, 0.25) is 0 Å². The van der Waals surface area contributed by atoms with Crippen molar-refractivity contribution >= 4 is 23.3 Å². The number of rotatable bonds is 0. The highest BCUT2D eigenvalue weighted by molar-refractivity contribution is 6.14. The molecule has 1 atom stereocenters. The van der Waals surface area contributed by atoms with Crippen LogP contribution in [-0.2, 0) is 15.0 Å². The van der Waals surface area contributed by atoms with Gasteiger partial charge in [0.15, 0.2) is 0 Å². The van der Waals surface area contributed by atoms with Crippen LogP contribution in [0.25, 0.3) is 0 Å². The summed E-state index contributed by atoms with van der Waals surface area (Å²) in [6.45, 7) is 1.97. The van der Waals surface area contributed by atoms with Crippen molar-refractivity contribution in [2.24, 2.45) is 0 Å². The summed E-state index contributed by atoms with van der Waals surface area (Å²) in [6, 6.07) is 5.78. The number of aromatic nitrogens is 2. The molecule has 1 spiro atoms. The Balaban J connectivity index is 2.05. The Kier molecular flexibility index (Phi) is 1.95. The molecule has 1 aromatic carbocycles. The third-order valence-corrected chi connectivity index (χ3v) is 4.06. The Morgan fingerprint density at radius 2 is 2.05 bits per heavy atom. The van der Waals surface area contributed by atoms with E-state index < -0.39 is 5.41 Å². The molecule has 20 heavy (non-hydrogen) atoms. The molecule has 4 rings (SSSR count). The highest BCUT2D eigenvalue weighted by Gasteiger charge is 2.53. The molecule has 0 aliphatic carbocycles. The van der Waals surface area contributed by atoms with E-state index in [2.05, 4.69) is 20.8 Å². The van der Waals surface area contributed by atoms with Gasteiger partial charge in [0.05, 0.1) is 6.20 Å². The lowest BCUT2D eigenvalue weighted by Crippen LogP contribution is -2.43. The highest BCUT2D eigenvalue weighted by atomic mass is 16.2. The van der Waals surface area contributed by atoms with E-state index in [1.165, 1.54) is 0 Å². The molecule has 0 saturated carbocycles. The summed E-state index contributed by atoms with van der Waals surface area (Å²) in [5.41, 5.74) is 2.42. The molecule has 6 nitrogen and oxygen atoms in total. The molecular weight excluding hydrogens is 256 g/mol. The average molecular weight is 268 g/mol. The van der Waals surface area contributed by atoms with Gasteiger partial charge in [-0.3, -0.25) is 14.7 Å². The lowest BCUT2D eigenvalue weighted by Gasteiger charge is -2.30. The molecule has 0 saturated heterocycles. The second-order valence-electron chi connectivity index (χ2n) is 5.29. The zero-order valence-corrected chi connectivity index (χ0v) is 10.8. The first-order valence-corrected chi connectivity index (χ1v) is 6.37. The summed E-state index contributed by atoms with van der Waals surface area (Å²) in [5.74, 6) is 0.146. The molecule has 3 N–H and O–H groups in total. The molecule has 2 aromatic rings. The van der Waals surface area contributed by atoms with E-state index in [9.17, 15) is 9.59 Å². The summed E-state index contributed by atoms with van der Waals surface area (Å²) in [4.78, 5) is 24.6. The Morgan fingerprint density at radius 3 is 2.90 bits per heavy atom. The number of H-pyrrole nitrogens is 1. The number of aromatic amines is 1. The van der Waals surface area contributed by atoms with E-state index in [0.29, 0.717) is 5.82 Å². The van der Waals surface area contributed by atoms with Gasteiger partial charge in [-0.1, -0.05) is 17.7 Å². The molecule has 0 fully saturated rings. The van der Waals surface area contributed by atoms with Crippen molar-refractivity contribution in [2.45, 2.75) is 18.8 Å². The third-order valence-electron chi connectivity index (χ3n) is 4.06. The number of amides is 2. The molecule has 0 radical (unpaired) electrons. The summed E-state index contributed by atoms with van der Waals surface area (Å²) < 4.78 is 0. The minimum atomic E-state index is -0.966. The standard InChI is InChI=1S/C14H12N4O2/c1-7-2-3-10-8(4-7)14(13(20)16-10)5-11(19)17-12-9(14)6-15-18-12/h2-4,6H,5H2,1H3,(H,16,20)(H2,15,17,18,19). The van der Waals surface area contributed by atoms with Gasteiger partial charge in [0.2, 0.25) is 11.8 Å². The maximum absolute atomic E-state index is 12.6. The van der Waals surface area contributed by atoms with Gasteiger partial charge in [-0.15, -0.1) is 0 Å².